The molecule has 1 aromatic carbocycles. The molecule has 0 radical (unpaired) electrons. The summed E-state index contributed by atoms with van der Waals surface area (Å²) in [5.74, 6) is -0.00156. The van der Waals surface area contributed by atoms with Gasteiger partial charge in [-0.15, -0.1) is 0 Å². The second-order valence-corrected chi connectivity index (χ2v) is 6.24. The van der Waals surface area contributed by atoms with Crippen molar-refractivity contribution in [1.29, 1.82) is 0 Å². The van der Waals surface area contributed by atoms with Gasteiger partial charge in [0.25, 0.3) is 0 Å². The molecule has 2 aromatic heterocycles. The van der Waals surface area contributed by atoms with E-state index >= 15 is 0 Å². The van der Waals surface area contributed by atoms with Gasteiger partial charge in [-0.25, -0.2) is 0 Å². The summed E-state index contributed by atoms with van der Waals surface area (Å²) in [4.78, 5) is 16.4. The highest BCUT2D eigenvalue weighted by molar-refractivity contribution is 5.79. The Morgan fingerprint density at radius 1 is 1.08 bits per heavy atom. The topological polar surface area (TPSA) is 70.7 Å². The third kappa shape index (κ3) is 3.94. The summed E-state index contributed by atoms with van der Waals surface area (Å²) >= 11 is 0. The molecular weight excluding hydrogens is 312 g/mol. The van der Waals surface area contributed by atoms with Gasteiger partial charge < -0.3 is 5.32 Å². The minimum absolute atomic E-state index is 0.00156. The predicted molar refractivity (Wildman–Crippen MR) is 98.0 cm³/mol. The zero-order chi connectivity index (χ0) is 17.8. The number of H-pyrrole nitrogens is 1. The average molecular weight is 334 g/mol. The van der Waals surface area contributed by atoms with E-state index < -0.39 is 0 Å². The van der Waals surface area contributed by atoms with Crippen LogP contribution in [-0.4, -0.2) is 21.1 Å². The van der Waals surface area contributed by atoms with Gasteiger partial charge in [-0.1, -0.05) is 24.3 Å². The summed E-state index contributed by atoms with van der Waals surface area (Å²) < 4.78 is 0. The summed E-state index contributed by atoms with van der Waals surface area (Å²) in [6.07, 6.45) is 3.91. The predicted octanol–water partition coefficient (Wildman–Crippen LogP) is 3.51. The number of rotatable bonds is 5. The number of amides is 1. The zero-order valence-corrected chi connectivity index (χ0v) is 14.7. The highest BCUT2D eigenvalue weighted by Gasteiger charge is 2.14. The Bertz CT molecular complexity index is 834. The summed E-state index contributed by atoms with van der Waals surface area (Å²) in [5, 5.41) is 10.1. The van der Waals surface area contributed by atoms with Crippen molar-refractivity contribution in [3.8, 4) is 11.1 Å². The van der Waals surface area contributed by atoms with E-state index in [0.717, 1.165) is 33.6 Å². The van der Waals surface area contributed by atoms with Gasteiger partial charge in [0.15, 0.2) is 0 Å². The number of aryl methyl sites for hydroxylation is 2. The first-order chi connectivity index (χ1) is 12.0. The monoisotopic (exact) mass is 334 g/mol. The second-order valence-electron chi connectivity index (χ2n) is 6.24. The number of hydrogen-bond donors (Lipinski definition) is 2. The van der Waals surface area contributed by atoms with E-state index in [4.69, 9.17) is 0 Å². The molecule has 2 heterocycles. The number of aromatic amines is 1. The lowest BCUT2D eigenvalue weighted by Gasteiger charge is -2.15. The molecule has 0 saturated heterocycles. The number of carbonyl (C=O) groups excluding carboxylic acids is 1. The third-order valence-corrected chi connectivity index (χ3v) is 4.42. The summed E-state index contributed by atoms with van der Waals surface area (Å²) in [6.45, 7) is 5.84. The van der Waals surface area contributed by atoms with Gasteiger partial charge in [0.2, 0.25) is 5.91 Å². The molecule has 1 amide bonds. The fourth-order valence-electron chi connectivity index (χ4n) is 2.88. The van der Waals surface area contributed by atoms with Gasteiger partial charge in [-0.2, -0.15) is 5.10 Å². The van der Waals surface area contributed by atoms with Crippen LogP contribution in [0.4, 0.5) is 0 Å². The smallest absolute Gasteiger partial charge is 0.225 e. The van der Waals surface area contributed by atoms with E-state index in [1.54, 1.807) is 12.4 Å². The Kier molecular flexibility index (Phi) is 4.93. The minimum atomic E-state index is -0.0495. The lowest BCUT2D eigenvalue weighted by Crippen LogP contribution is -2.28. The number of pyridine rings is 1. The summed E-state index contributed by atoms with van der Waals surface area (Å²) in [6, 6.07) is 12.1. The van der Waals surface area contributed by atoms with Crippen LogP contribution in [0, 0.1) is 13.8 Å². The van der Waals surface area contributed by atoms with Crippen molar-refractivity contribution in [2.75, 3.05) is 0 Å². The highest BCUT2D eigenvalue weighted by Crippen LogP contribution is 2.21. The van der Waals surface area contributed by atoms with E-state index in [1.807, 2.05) is 32.9 Å². The maximum Gasteiger partial charge on any atom is 0.225 e. The Morgan fingerprint density at radius 3 is 2.32 bits per heavy atom. The largest absolute Gasteiger partial charge is 0.349 e. The Balaban J connectivity index is 1.65. The van der Waals surface area contributed by atoms with Crippen molar-refractivity contribution in [1.82, 2.24) is 20.5 Å². The quantitative estimate of drug-likeness (QED) is 0.750. The molecule has 2 N–H and O–H groups in total. The van der Waals surface area contributed by atoms with Gasteiger partial charge in [0.1, 0.15) is 0 Å². The number of aromatic nitrogens is 3. The number of benzene rings is 1. The van der Waals surface area contributed by atoms with Crippen molar-refractivity contribution in [2.45, 2.75) is 33.2 Å². The number of carbonyl (C=O) groups is 1. The lowest BCUT2D eigenvalue weighted by atomic mass is 10.0. The van der Waals surface area contributed by atoms with Crippen LogP contribution < -0.4 is 5.32 Å². The van der Waals surface area contributed by atoms with E-state index in [9.17, 15) is 4.79 Å². The minimum Gasteiger partial charge on any atom is -0.349 e. The van der Waals surface area contributed by atoms with Crippen LogP contribution in [0.1, 0.15) is 35.5 Å². The van der Waals surface area contributed by atoms with Crippen molar-refractivity contribution in [3.63, 3.8) is 0 Å². The normalized spacial score (nSPS) is 12.0. The number of hydrogen-bond acceptors (Lipinski definition) is 3. The molecule has 0 fully saturated rings. The lowest BCUT2D eigenvalue weighted by molar-refractivity contribution is -0.121. The molecule has 0 aliphatic carbocycles. The second kappa shape index (κ2) is 7.30. The van der Waals surface area contributed by atoms with Crippen LogP contribution in [0.3, 0.4) is 0 Å². The van der Waals surface area contributed by atoms with Crippen LogP contribution in [0.25, 0.3) is 11.1 Å². The molecule has 0 saturated carbocycles. The fourth-order valence-corrected chi connectivity index (χ4v) is 2.88. The van der Waals surface area contributed by atoms with E-state index in [2.05, 4.69) is 44.8 Å². The maximum atomic E-state index is 12.3. The standard InChI is InChI=1S/C20H22N4O/c1-13(22-20(25)12-19-14(2)23-24-15(19)3)16-4-6-17(7-5-16)18-8-10-21-11-9-18/h4-11,13H,12H2,1-3H3,(H,22,25)(H,23,24)/t13-/m1/s1. The van der Waals surface area contributed by atoms with Crippen molar-refractivity contribution >= 4 is 5.91 Å². The van der Waals surface area contributed by atoms with Crippen LogP contribution in [0.2, 0.25) is 0 Å². The first kappa shape index (κ1) is 16.9. The van der Waals surface area contributed by atoms with Crippen molar-refractivity contribution < 1.29 is 4.79 Å². The van der Waals surface area contributed by atoms with Crippen LogP contribution >= 0.6 is 0 Å². The molecule has 0 spiro atoms. The van der Waals surface area contributed by atoms with E-state index in [0.29, 0.717) is 6.42 Å². The summed E-state index contributed by atoms with van der Waals surface area (Å²) in [5.41, 5.74) is 6.13. The molecule has 5 heteroatoms. The molecule has 5 nitrogen and oxygen atoms in total. The Morgan fingerprint density at radius 2 is 1.72 bits per heavy atom. The summed E-state index contributed by atoms with van der Waals surface area (Å²) in [7, 11) is 0. The average Bonchev–Trinajstić information content (AvgIpc) is 2.94. The zero-order valence-electron chi connectivity index (χ0n) is 14.7. The molecule has 0 bridgehead atoms. The highest BCUT2D eigenvalue weighted by atomic mass is 16.1. The van der Waals surface area contributed by atoms with Gasteiger partial charge in [0, 0.05) is 23.7 Å². The fraction of sp³-hybridized carbons (Fsp3) is 0.250. The van der Waals surface area contributed by atoms with Crippen LogP contribution in [0.5, 0.6) is 0 Å². The number of nitrogens with zero attached hydrogens (tertiary/aromatic N) is 2. The molecule has 25 heavy (non-hydrogen) atoms. The van der Waals surface area contributed by atoms with Crippen LogP contribution in [-0.2, 0) is 11.2 Å². The Labute approximate surface area is 147 Å². The van der Waals surface area contributed by atoms with Gasteiger partial charge in [-0.05, 0) is 49.6 Å². The maximum absolute atomic E-state index is 12.3. The molecule has 3 aromatic rings. The Hall–Kier alpha value is -2.95. The van der Waals surface area contributed by atoms with Crippen molar-refractivity contribution in [3.05, 3.63) is 71.3 Å². The van der Waals surface area contributed by atoms with E-state index in [-0.39, 0.29) is 11.9 Å². The van der Waals surface area contributed by atoms with Gasteiger partial charge in [-0.3, -0.25) is 14.9 Å². The molecule has 0 aliphatic heterocycles. The third-order valence-electron chi connectivity index (χ3n) is 4.42. The van der Waals surface area contributed by atoms with Gasteiger partial charge >= 0.3 is 0 Å². The first-order valence-electron chi connectivity index (χ1n) is 8.34. The van der Waals surface area contributed by atoms with Crippen molar-refractivity contribution in [2.24, 2.45) is 0 Å². The molecule has 1 atom stereocenters. The molecule has 0 unspecified atom stereocenters. The SMILES string of the molecule is Cc1n[nH]c(C)c1CC(=O)N[C@H](C)c1ccc(-c2ccncc2)cc1. The molecule has 128 valence electrons. The van der Waals surface area contributed by atoms with Gasteiger partial charge in [0.05, 0.1) is 18.2 Å². The molecular formula is C20H22N4O. The van der Waals surface area contributed by atoms with Crippen LogP contribution in [0.15, 0.2) is 48.8 Å². The molecule has 0 aliphatic rings. The first-order valence-corrected chi connectivity index (χ1v) is 8.34. The van der Waals surface area contributed by atoms with E-state index in [1.165, 1.54) is 0 Å². The number of nitrogens with one attached hydrogen (secondary N) is 2. The molecule has 3 rings (SSSR count).